The molecule has 1 rings (SSSR count). The maximum atomic E-state index is 12.0. The lowest BCUT2D eigenvalue weighted by Crippen LogP contribution is -2.22. The minimum Gasteiger partial charge on any atom is -0.504 e. The van der Waals surface area contributed by atoms with Crippen molar-refractivity contribution >= 4 is 23.1 Å². The number of ketones is 1. The summed E-state index contributed by atoms with van der Waals surface area (Å²) in [6, 6.07) is 4.83. The average Bonchev–Trinajstić information content (AvgIpc) is 2.29. The summed E-state index contributed by atoms with van der Waals surface area (Å²) in [7, 11) is 0. The van der Waals surface area contributed by atoms with Gasteiger partial charge in [-0.05, 0) is 12.1 Å². The number of hydrogen-bond donors (Lipinski definition) is 1. The Bertz CT molecular complexity index is 551. The van der Waals surface area contributed by atoms with Crippen molar-refractivity contribution in [2.75, 3.05) is 0 Å². The number of hydrogen-bond acceptors (Lipinski definition) is 4. The van der Waals surface area contributed by atoms with E-state index in [4.69, 9.17) is 16.9 Å². The lowest BCUT2D eigenvalue weighted by atomic mass is 9.86. The molecule has 0 aliphatic heterocycles. The first kappa shape index (κ1) is 14.2. The highest BCUT2D eigenvalue weighted by Crippen LogP contribution is 2.27. The fourth-order valence-corrected chi connectivity index (χ4v) is 1.48. The summed E-state index contributed by atoms with van der Waals surface area (Å²) < 4.78 is 0. The van der Waals surface area contributed by atoms with E-state index < -0.39 is 17.0 Å². The van der Waals surface area contributed by atoms with Crippen molar-refractivity contribution in [1.82, 2.24) is 4.98 Å². The number of aliphatic hydroxyl groups is 1. The number of rotatable bonds is 2. The normalized spacial score (nSPS) is 12.6. The van der Waals surface area contributed by atoms with Crippen LogP contribution in [0, 0.1) is 16.7 Å². The Morgan fingerprint density at radius 3 is 2.56 bits per heavy atom. The van der Waals surface area contributed by atoms with Gasteiger partial charge in [0.1, 0.15) is 17.3 Å². The van der Waals surface area contributed by atoms with Crippen LogP contribution in [-0.4, -0.2) is 15.9 Å². The number of carbonyl (C=O) groups excluding carboxylic acids is 1. The fraction of sp³-hybridized carbons (Fsp3) is 0.308. The van der Waals surface area contributed by atoms with Gasteiger partial charge in [-0.25, -0.2) is 0 Å². The van der Waals surface area contributed by atoms with Crippen LogP contribution in [0.5, 0.6) is 0 Å². The molecular weight excluding hydrogens is 252 g/mol. The van der Waals surface area contributed by atoms with Gasteiger partial charge in [0.05, 0.1) is 5.02 Å². The Hall–Kier alpha value is -1.86. The maximum absolute atomic E-state index is 12.0. The van der Waals surface area contributed by atoms with Crippen molar-refractivity contribution in [2.45, 2.75) is 20.8 Å². The molecule has 0 aromatic carbocycles. The van der Waals surface area contributed by atoms with Crippen LogP contribution in [-0.2, 0) is 4.79 Å². The number of Topliss-reactive ketones (excluding diaryl/α,β-unsaturated/α-hetero) is 1. The van der Waals surface area contributed by atoms with Crippen LogP contribution in [0.1, 0.15) is 26.5 Å². The summed E-state index contributed by atoms with van der Waals surface area (Å²) in [5.41, 5.74) is -1.06. The zero-order valence-electron chi connectivity index (χ0n) is 10.4. The predicted octanol–water partition coefficient (Wildman–Crippen LogP) is 3.14. The molecule has 1 aromatic heterocycles. The second-order valence-electron chi connectivity index (χ2n) is 4.75. The molecule has 94 valence electrons. The van der Waals surface area contributed by atoms with Crippen molar-refractivity contribution in [3.63, 3.8) is 0 Å². The quantitative estimate of drug-likeness (QED) is 0.506. The first-order chi connectivity index (χ1) is 8.29. The maximum Gasteiger partial charge on any atom is 0.182 e. The van der Waals surface area contributed by atoms with Gasteiger partial charge < -0.3 is 5.11 Å². The largest absolute Gasteiger partial charge is 0.504 e. The van der Waals surface area contributed by atoms with E-state index in [1.54, 1.807) is 32.9 Å². The van der Waals surface area contributed by atoms with Gasteiger partial charge in [0.2, 0.25) is 0 Å². The summed E-state index contributed by atoms with van der Waals surface area (Å²) in [6.07, 6.45) is 1.42. The van der Waals surface area contributed by atoms with Gasteiger partial charge in [-0.2, -0.15) is 5.26 Å². The lowest BCUT2D eigenvalue weighted by Gasteiger charge is -2.16. The third-order valence-electron chi connectivity index (χ3n) is 2.24. The van der Waals surface area contributed by atoms with Gasteiger partial charge in [0.25, 0.3) is 0 Å². The molecule has 0 radical (unpaired) electrons. The van der Waals surface area contributed by atoms with E-state index in [1.165, 1.54) is 12.3 Å². The van der Waals surface area contributed by atoms with Gasteiger partial charge in [-0.15, -0.1) is 0 Å². The molecule has 0 saturated carbocycles. The van der Waals surface area contributed by atoms with E-state index in [1.807, 2.05) is 0 Å². The molecule has 0 aliphatic rings. The van der Waals surface area contributed by atoms with Crippen LogP contribution in [0.3, 0.4) is 0 Å². The highest BCUT2D eigenvalue weighted by molar-refractivity contribution is 6.32. The Balaban J connectivity index is 3.39. The first-order valence-corrected chi connectivity index (χ1v) is 5.66. The first-order valence-electron chi connectivity index (χ1n) is 5.28. The number of halogens is 1. The van der Waals surface area contributed by atoms with Crippen molar-refractivity contribution in [1.29, 1.82) is 5.26 Å². The van der Waals surface area contributed by atoms with Gasteiger partial charge in [0.15, 0.2) is 11.5 Å². The number of pyridine rings is 1. The van der Waals surface area contributed by atoms with Gasteiger partial charge in [-0.1, -0.05) is 32.4 Å². The minimum absolute atomic E-state index is 0.0355. The van der Waals surface area contributed by atoms with Crippen molar-refractivity contribution in [3.05, 3.63) is 34.6 Å². The summed E-state index contributed by atoms with van der Waals surface area (Å²) in [5, 5.41) is 19.2. The van der Waals surface area contributed by atoms with E-state index in [-0.39, 0.29) is 16.3 Å². The molecule has 1 heterocycles. The molecule has 4 nitrogen and oxygen atoms in total. The van der Waals surface area contributed by atoms with E-state index in [9.17, 15) is 9.90 Å². The molecule has 18 heavy (non-hydrogen) atoms. The van der Waals surface area contributed by atoms with E-state index in [0.717, 1.165) is 0 Å². The number of allylic oxidation sites excluding steroid dienone is 1. The van der Waals surface area contributed by atoms with Crippen LogP contribution in [0.15, 0.2) is 23.9 Å². The second-order valence-corrected chi connectivity index (χ2v) is 5.16. The Morgan fingerprint density at radius 2 is 2.11 bits per heavy atom. The molecule has 1 N–H and O–H groups in total. The molecule has 0 saturated heterocycles. The van der Waals surface area contributed by atoms with E-state index in [0.29, 0.717) is 0 Å². The molecule has 0 spiro atoms. The molecule has 0 amide bonds. The van der Waals surface area contributed by atoms with Crippen molar-refractivity contribution in [2.24, 2.45) is 5.41 Å². The molecule has 0 aliphatic carbocycles. The summed E-state index contributed by atoms with van der Waals surface area (Å²) in [4.78, 5) is 15.9. The standard InChI is InChI=1S/C13H13ClN2O2/c1-13(2,3)12(18)8(7-15)11(17)10-9(14)5-4-6-16-10/h4-6,17H,1-3H3/b11-8-. The Morgan fingerprint density at radius 1 is 1.50 bits per heavy atom. The SMILES string of the molecule is CC(C)(C)C(=O)/C(C#N)=C(\O)c1ncccc1Cl. The lowest BCUT2D eigenvalue weighted by molar-refractivity contribution is -0.122. The van der Waals surface area contributed by atoms with Crippen LogP contribution >= 0.6 is 11.6 Å². The second kappa shape index (κ2) is 5.19. The molecule has 0 atom stereocenters. The smallest absolute Gasteiger partial charge is 0.182 e. The van der Waals surface area contributed by atoms with Crippen molar-refractivity contribution < 1.29 is 9.90 Å². The summed E-state index contributed by atoms with van der Waals surface area (Å²) >= 11 is 5.86. The van der Waals surface area contributed by atoms with Gasteiger partial charge >= 0.3 is 0 Å². The van der Waals surface area contributed by atoms with Gasteiger partial charge in [-0.3, -0.25) is 9.78 Å². The van der Waals surface area contributed by atoms with Crippen LogP contribution in [0.25, 0.3) is 5.76 Å². The third kappa shape index (κ3) is 2.88. The van der Waals surface area contributed by atoms with Crippen LogP contribution in [0.4, 0.5) is 0 Å². The van der Waals surface area contributed by atoms with Crippen molar-refractivity contribution in [3.8, 4) is 6.07 Å². The van der Waals surface area contributed by atoms with Crippen LogP contribution < -0.4 is 0 Å². The fourth-order valence-electron chi connectivity index (χ4n) is 1.26. The zero-order chi connectivity index (χ0) is 13.9. The highest BCUT2D eigenvalue weighted by atomic mass is 35.5. The molecule has 1 aromatic rings. The Kier molecular flexibility index (Phi) is 4.10. The molecule has 0 unspecified atom stereocenters. The average molecular weight is 265 g/mol. The van der Waals surface area contributed by atoms with E-state index >= 15 is 0 Å². The highest BCUT2D eigenvalue weighted by Gasteiger charge is 2.29. The summed E-state index contributed by atoms with van der Waals surface area (Å²) in [6.45, 7) is 5.00. The topological polar surface area (TPSA) is 74.0 Å². The van der Waals surface area contributed by atoms with E-state index in [2.05, 4.69) is 4.98 Å². The number of aliphatic hydroxyl groups excluding tert-OH is 1. The Labute approximate surface area is 111 Å². The number of aromatic nitrogens is 1. The molecule has 0 bridgehead atoms. The van der Waals surface area contributed by atoms with Crippen LogP contribution in [0.2, 0.25) is 5.02 Å². The molecular formula is C13H13ClN2O2. The molecule has 5 heteroatoms. The third-order valence-corrected chi connectivity index (χ3v) is 2.54. The number of nitrogens with zero attached hydrogens (tertiary/aromatic N) is 2. The number of carbonyl (C=O) groups is 1. The monoisotopic (exact) mass is 264 g/mol. The minimum atomic E-state index is -0.764. The van der Waals surface area contributed by atoms with Gasteiger partial charge in [0, 0.05) is 11.6 Å². The summed E-state index contributed by atoms with van der Waals surface area (Å²) in [5.74, 6) is -0.938. The predicted molar refractivity (Wildman–Crippen MR) is 68.9 cm³/mol. The number of nitriles is 1. The zero-order valence-corrected chi connectivity index (χ0v) is 11.1. The molecule has 0 fully saturated rings.